The molecule has 3 aromatic rings. The van der Waals surface area contributed by atoms with E-state index in [9.17, 15) is 19.7 Å². The molecule has 0 atom stereocenters. The number of benzene rings is 1. The summed E-state index contributed by atoms with van der Waals surface area (Å²) in [4.78, 5) is 38.6. The van der Waals surface area contributed by atoms with E-state index < -0.39 is 22.0 Å². The first-order chi connectivity index (χ1) is 12.9. The molecule has 27 heavy (non-hydrogen) atoms. The van der Waals surface area contributed by atoms with E-state index in [1.807, 2.05) is 24.3 Å². The van der Waals surface area contributed by atoms with Crippen LogP contribution in [0.2, 0.25) is 0 Å². The summed E-state index contributed by atoms with van der Waals surface area (Å²) >= 11 is 1.41. The second-order valence-electron chi connectivity index (χ2n) is 5.86. The van der Waals surface area contributed by atoms with E-state index in [1.54, 1.807) is 5.38 Å². The molecule has 8 nitrogen and oxygen atoms in total. The molecular weight excluding hydrogens is 368 g/mol. The first kappa shape index (κ1) is 18.5. The monoisotopic (exact) mass is 384 g/mol. The molecule has 2 N–H and O–H groups in total. The molecule has 2 aromatic heterocycles. The van der Waals surface area contributed by atoms with Gasteiger partial charge in [-0.2, -0.15) is 0 Å². The van der Waals surface area contributed by atoms with Gasteiger partial charge < -0.3 is 10.3 Å². The Bertz CT molecular complexity index is 1070. The number of pyridine rings is 1. The van der Waals surface area contributed by atoms with Crippen molar-refractivity contribution >= 4 is 22.9 Å². The second kappa shape index (κ2) is 7.50. The maximum atomic E-state index is 12.4. The van der Waals surface area contributed by atoms with Gasteiger partial charge in [-0.15, -0.1) is 11.3 Å². The third kappa shape index (κ3) is 3.93. The number of hydrogen-bond acceptors (Lipinski definition) is 6. The molecule has 9 heteroatoms. The second-order valence-corrected chi connectivity index (χ2v) is 6.72. The minimum Gasteiger partial charge on any atom is -0.365 e. The lowest BCUT2D eigenvalue weighted by Crippen LogP contribution is -2.30. The summed E-state index contributed by atoms with van der Waals surface area (Å²) in [7, 11) is 0. The number of nitro groups is 1. The highest BCUT2D eigenvalue weighted by molar-refractivity contribution is 7.13. The van der Waals surface area contributed by atoms with Crippen molar-refractivity contribution in [1.29, 1.82) is 0 Å². The van der Waals surface area contributed by atoms with E-state index >= 15 is 0 Å². The predicted octanol–water partition coefficient (Wildman–Crippen LogP) is 2.59. The molecular formula is C18H16N4O4S. The highest BCUT2D eigenvalue weighted by Gasteiger charge is 2.18. The van der Waals surface area contributed by atoms with Gasteiger partial charge in [0.2, 0.25) is 0 Å². The van der Waals surface area contributed by atoms with Crippen molar-refractivity contribution in [2.24, 2.45) is 5.73 Å². The van der Waals surface area contributed by atoms with Crippen LogP contribution in [0.5, 0.6) is 0 Å². The number of aryl methyl sites for hydroxylation is 1. The maximum absolute atomic E-state index is 12.4. The third-order valence-corrected chi connectivity index (χ3v) is 4.98. The summed E-state index contributed by atoms with van der Waals surface area (Å²) in [6, 6.07) is 8.91. The number of carbonyl (C=O) groups excluding carboxylic acids is 1. The van der Waals surface area contributed by atoms with Crippen molar-refractivity contribution in [2.75, 3.05) is 0 Å². The van der Waals surface area contributed by atoms with Crippen molar-refractivity contribution in [3.05, 3.63) is 79.2 Å². The van der Waals surface area contributed by atoms with Crippen LogP contribution >= 0.6 is 11.3 Å². The molecule has 0 saturated heterocycles. The standard InChI is InChI=1S/C18H16N4O4S/c1-2-11-3-5-12(6-4-11)17-20-13(10-27-17)8-21-9-14(22(25)26)7-15(16(19)23)18(21)24/h3-7,9-10H,2,8H2,1H3,(H2,19,23). The van der Waals surface area contributed by atoms with E-state index in [0.717, 1.165) is 33.8 Å². The molecule has 138 valence electrons. The van der Waals surface area contributed by atoms with E-state index in [-0.39, 0.29) is 12.2 Å². The number of rotatable bonds is 6. The number of hydrogen-bond donors (Lipinski definition) is 1. The minimum absolute atomic E-state index is 0.00430. The molecule has 0 aliphatic rings. The summed E-state index contributed by atoms with van der Waals surface area (Å²) < 4.78 is 1.08. The van der Waals surface area contributed by atoms with Gasteiger partial charge in [0.15, 0.2) is 0 Å². The van der Waals surface area contributed by atoms with Crippen LogP contribution in [-0.4, -0.2) is 20.4 Å². The number of amides is 1. The molecule has 0 fully saturated rings. The molecule has 0 aliphatic carbocycles. The molecule has 1 amide bonds. The molecule has 2 heterocycles. The molecule has 0 spiro atoms. The van der Waals surface area contributed by atoms with E-state index in [2.05, 4.69) is 11.9 Å². The topological polar surface area (TPSA) is 121 Å². The molecule has 0 unspecified atom stereocenters. The van der Waals surface area contributed by atoms with Crippen LogP contribution < -0.4 is 11.3 Å². The maximum Gasteiger partial charge on any atom is 0.286 e. The minimum atomic E-state index is -1.01. The normalized spacial score (nSPS) is 10.7. The van der Waals surface area contributed by atoms with Crippen LogP contribution in [0.15, 0.2) is 46.7 Å². The SMILES string of the molecule is CCc1ccc(-c2nc(Cn3cc([N+](=O)[O-])cc(C(N)=O)c3=O)cs2)cc1. The van der Waals surface area contributed by atoms with Gasteiger partial charge in [0.05, 0.1) is 23.4 Å². The molecule has 3 rings (SSSR count). The fourth-order valence-electron chi connectivity index (χ4n) is 2.58. The van der Waals surface area contributed by atoms with Gasteiger partial charge >= 0.3 is 0 Å². The Morgan fingerprint density at radius 3 is 2.63 bits per heavy atom. The van der Waals surface area contributed by atoms with Crippen LogP contribution in [0, 0.1) is 10.1 Å². The van der Waals surface area contributed by atoms with Crippen molar-refractivity contribution in [1.82, 2.24) is 9.55 Å². The van der Waals surface area contributed by atoms with E-state index in [4.69, 9.17) is 5.73 Å². The quantitative estimate of drug-likeness (QED) is 0.517. The summed E-state index contributed by atoms with van der Waals surface area (Å²) in [6.07, 6.45) is 2.03. The Balaban J connectivity index is 1.93. The van der Waals surface area contributed by atoms with Gasteiger partial charge in [-0.3, -0.25) is 19.7 Å². The molecule has 0 aliphatic heterocycles. The molecule has 0 bridgehead atoms. The average Bonchev–Trinajstić information content (AvgIpc) is 3.11. The van der Waals surface area contributed by atoms with Crippen LogP contribution in [0.4, 0.5) is 5.69 Å². The van der Waals surface area contributed by atoms with Crippen molar-refractivity contribution in [3.63, 3.8) is 0 Å². The fraction of sp³-hybridized carbons (Fsp3) is 0.167. The first-order valence-electron chi connectivity index (χ1n) is 8.11. The Kier molecular flexibility index (Phi) is 5.13. The highest BCUT2D eigenvalue weighted by Crippen LogP contribution is 2.24. The van der Waals surface area contributed by atoms with Crippen LogP contribution in [0.3, 0.4) is 0 Å². The van der Waals surface area contributed by atoms with Crippen molar-refractivity contribution in [3.8, 4) is 10.6 Å². The largest absolute Gasteiger partial charge is 0.365 e. The Morgan fingerprint density at radius 2 is 2.04 bits per heavy atom. The van der Waals surface area contributed by atoms with Crippen LogP contribution in [0.1, 0.15) is 28.5 Å². The van der Waals surface area contributed by atoms with Crippen LogP contribution in [-0.2, 0) is 13.0 Å². The summed E-state index contributed by atoms with van der Waals surface area (Å²) in [5, 5.41) is 13.6. The number of aromatic nitrogens is 2. The first-order valence-corrected chi connectivity index (χ1v) is 8.99. The lowest BCUT2D eigenvalue weighted by Gasteiger charge is -2.05. The van der Waals surface area contributed by atoms with Gasteiger partial charge in [-0.05, 0) is 12.0 Å². The van der Waals surface area contributed by atoms with Crippen molar-refractivity contribution < 1.29 is 9.72 Å². The smallest absolute Gasteiger partial charge is 0.286 e. The zero-order chi connectivity index (χ0) is 19.6. The lowest BCUT2D eigenvalue weighted by atomic mass is 10.1. The third-order valence-electron chi connectivity index (χ3n) is 4.04. The average molecular weight is 384 g/mol. The van der Waals surface area contributed by atoms with Crippen molar-refractivity contribution in [2.45, 2.75) is 19.9 Å². The highest BCUT2D eigenvalue weighted by atomic mass is 32.1. The summed E-state index contributed by atoms with van der Waals surface area (Å²) in [5.41, 5.74) is 6.41. The number of thiazole rings is 1. The molecule has 1 aromatic carbocycles. The van der Waals surface area contributed by atoms with Gasteiger partial charge in [0, 0.05) is 17.0 Å². The van der Waals surface area contributed by atoms with Crippen LogP contribution in [0.25, 0.3) is 10.6 Å². The predicted molar refractivity (Wildman–Crippen MR) is 102 cm³/mol. The zero-order valence-electron chi connectivity index (χ0n) is 14.4. The van der Waals surface area contributed by atoms with E-state index in [0.29, 0.717) is 5.69 Å². The number of carbonyl (C=O) groups is 1. The number of primary amides is 1. The Hall–Kier alpha value is -3.33. The lowest BCUT2D eigenvalue weighted by molar-refractivity contribution is -0.385. The fourth-order valence-corrected chi connectivity index (χ4v) is 3.40. The van der Waals surface area contributed by atoms with Gasteiger partial charge in [-0.25, -0.2) is 4.98 Å². The summed E-state index contributed by atoms with van der Waals surface area (Å²) in [6.45, 7) is 2.08. The van der Waals surface area contributed by atoms with E-state index in [1.165, 1.54) is 16.9 Å². The Morgan fingerprint density at radius 1 is 1.33 bits per heavy atom. The Labute approximate surface area is 158 Å². The molecule has 0 radical (unpaired) electrons. The zero-order valence-corrected chi connectivity index (χ0v) is 15.2. The number of nitrogens with zero attached hydrogens (tertiary/aromatic N) is 3. The van der Waals surface area contributed by atoms with Gasteiger partial charge in [0.1, 0.15) is 10.6 Å². The van der Waals surface area contributed by atoms with Gasteiger partial charge in [0.25, 0.3) is 17.2 Å². The molecule has 0 saturated carbocycles. The summed E-state index contributed by atoms with van der Waals surface area (Å²) in [5.74, 6) is -1.01. The van der Waals surface area contributed by atoms with Gasteiger partial charge in [-0.1, -0.05) is 31.2 Å². The number of nitrogens with two attached hydrogens (primary N) is 1.